The van der Waals surface area contributed by atoms with E-state index < -0.39 is 17.6 Å². The Hall–Kier alpha value is -3.34. The number of H-pyrrole nitrogens is 1. The molecular formula is C18H12F4N4. The van der Waals surface area contributed by atoms with Crippen LogP contribution in [0.5, 0.6) is 0 Å². The molecule has 3 rings (SSSR count). The Bertz CT molecular complexity index is 953. The number of nitriles is 1. The van der Waals surface area contributed by atoms with E-state index in [1.54, 1.807) is 6.20 Å². The molecule has 26 heavy (non-hydrogen) atoms. The van der Waals surface area contributed by atoms with E-state index in [1.807, 2.05) is 6.07 Å². The number of halogens is 4. The molecule has 0 spiro atoms. The van der Waals surface area contributed by atoms with E-state index in [0.29, 0.717) is 16.8 Å². The lowest BCUT2D eigenvalue weighted by molar-refractivity contribution is -0.137. The van der Waals surface area contributed by atoms with Gasteiger partial charge in [0.15, 0.2) is 0 Å². The molecule has 0 aliphatic heterocycles. The topological polar surface area (TPSA) is 64.5 Å². The van der Waals surface area contributed by atoms with Crippen LogP contribution in [0.2, 0.25) is 0 Å². The van der Waals surface area contributed by atoms with Gasteiger partial charge in [-0.1, -0.05) is 12.1 Å². The van der Waals surface area contributed by atoms with Gasteiger partial charge in [0.2, 0.25) is 0 Å². The Labute approximate surface area is 146 Å². The zero-order chi connectivity index (χ0) is 18.7. The maximum atomic E-state index is 13.9. The van der Waals surface area contributed by atoms with Crippen LogP contribution in [0.4, 0.5) is 23.2 Å². The van der Waals surface area contributed by atoms with Gasteiger partial charge in [-0.3, -0.25) is 5.10 Å². The predicted molar refractivity (Wildman–Crippen MR) is 87.5 cm³/mol. The third-order valence-electron chi connectivity index (χ3n) is 3.77. The summed E-state index contributed by atoms with van der Waals surface area (Å²) in [5.74, 6) is -0.566. The minimum absolute atomic E-state index is 0.204. The summed E-state index contributed by atoms with van der Waals surface area (Å²) in [6.45, 7) is 0.204. The van der Waals surface area contributed by atoms with Gasteiger partial charge in [-0.2, -0.15) is 23.5 Å². The number of rotatable bonds is 4. The Morgan fingerprint density at radius 3 is 2.46 bits per heavy atom. The van der Waals surface area contributed by atoms with Crippen molar-refractivity contribution < 1.29 is 17.6 Å². The van der Waals surface area contributed by atoms with E-state index in [1.165, 1.54) is 24.3 Å². The van der Waals surface area contributed by atoms with Crippen LogP contribution >= 0.6 is 0 Å². The van der Waals surface area contributed by atoms with E-state index in [9.17, 15) is 17.6 Å². The van der Waals surface area contributed by atoms with Crippen LogP contribution in [-0.4, -0.2) is 10.2 Å². The molecule has 0 amide bonds. The van der Waals surface area contributed by atoms with Crippen LogP contribution < -0.4 is 5.32 Å². The maximum absolute atomic E-state index is 13.9. The second-order valence-electron chi connectivity index (χ2n) is 5.49. The van der Waals surface area contributed by atoms with Gasteiger partial charge in [0.1, 0.15) is 5.82 Å². The summed E-state index contributed by atoms with van der Waals surface area (Å²) in [4.78, 5) is 0. The van der Waals surface area contributed by atoms with Gasteiger partial charge in [-0.25, -0.2) is 4.39 Å². The lowest BCUT2D eigenvalue weighted by atomic mass is 10.1. The number of anilines is 1. The quantitative estimate of drug-likeness (QED) is 0.662. The zero-order valence-corrected chi connectivity index (χ0v) is 13.2. The normalized spacial score (nSPS) is 11.2. The largest absolute Gasteiger partial charge is 0.416 e. The summed E-state index contributed by atoms with van der Waals surface area (Å²) in [6.07, 6.45) is -2.82. The van der Waals surface area contributed by atoms with Crippen LogP contribution in [0.3, 0.4) is 0 Å². The first-order valence-electron chi connectivity index (χ1n) is 7.52. The van der Waals surface area contributed by atoms with Crippen molar-refractivity contribution in [2.75, 3.05) is 5.32 Å². The number of aromatic amines is 1. The van der Waals surface area contributed by atoms with E-state index in [-0.39, 0.29) is 17.8 Å². The zero-order valence-electron chi connectivity index (χ0n) is 13.2. The van der Waals surface area contributed by atoms with Crippen molar-refractivity contribution in [3.8, 4) is 17.3 Å². The highest BCUT2D eigenvalue weighted by Gasteiger charge is 2.30. The Morgan fingerprint density at radius 2 is 1.85 bits per heavy atom. The number of benzene rings is 2. The van der Waals surface area contributed by atoms with Crippen molar-refractivity contribution in [1.82, 2.24) is 10.2 Å². The molecule has 0 unspecified atom stereocenters. The van der Waals surface area contributed by atoms with Gasteiger partial charge in [-0.05, 0) is 30.3 Å². The van der Waals surface area contributed by atoms with Gasteiger partial charge >= 0.3 is 6.18 Å². The van der Waals surface area contributed by atoms with Crippen LogP contribution in [0.25, 0.3) is 11.3 Å². The highest BCUT2D eigenvalue weighted by atomic mass is 19.4. The molecular weight excluding hydrogens is 348 g/mol. The number of nitrogens with zero attached hydrogens (tertiary/aromatic N) is 2. The van der Waals surface area contributed by atoms with Crippen molar-refractivity contribution in [3.63, 3.8) is 0 Å². The molecule has 0 aliphatic carbocycles. The lowest BCUT2D eigenvalue weighted by Gasteiger charge is -2.09. The summed E-state index contributed by atoms with van der Waals surface area (Å²) in [5.41, 5.74) is 1.33. The van der Waals surface area contributed by atoms with E-state index in [0.717, 1.165) is 18.2 Å². The first-order chi connectivity index (χ1) is 12.4. The predicted octanol–water partition coefficient (Wildman–Crippen LogP) is 4.72. The first-order valence-corrected chi connectivity index (χ1v) is 7.52. The fourth-order valence-corrected chi connectivity index (χ4v) is 2.44. The summed E-state index contributed by atoms with van der Waals surface area (Å²) >= 11 is 0. The van der Waals surface area contributed by atoms with Crippen molar-refractivity contribution in [3.05, 3.63) is 71.2 Å². The van der Waals surface area contributed by atoms with Crippen molar-refractivity contribution in [2.45, 2.75) is 12.7 Å². The smallest absolute Gasteiger partial charge is 0.378 e. The SMILES string of the molecule is N#Cc1ccc(NCc2c[nH]nc2-c2ccc(C(F)(F)F)cc2)c(F)c1. The highest BCUT2D eigenvalue weighted by molar-refractivity contribution is 5.63. The van der Waals surface area contributed by atoms with Crippen molar-refractivity contribution >= 4 is 5.69 Å². The number of aromatic nitrogens is 2. The molecule has 0 fully saturated rings. The monoisotopic (exact) mass is 360 g/mol. The van der Waals surface area contributed by atoms with Crippen LogP contribution in [0, 0.1) is 17.1 Å². The van der Waals surface area contributed by atoms with Crippen LogP contribution in [0.15, 0.2) is 48.7 Å². The molecule has 0 radical (unpaired) electrons. The molecule has 2 N–H and O–H groups in total. The molecule has 0 atom stereocenters. The first kappa shape index (κ1) is 17.5. The number of alkyl halides is 3. The minimum atomic E-state index is -4.40. The highest BCUT2D eigenvalue weighted by Crippen LogP contribution is 2.31. The molecule has 0 saturated carbocycles. The molecule has 3 aromatic rings. The molecule has 0 saturated heterocycles. The second-order valence-corrected chi connectivity index (χ2v) is 5.49. The Morgan fingerprint density at radius 1 is 1.12 bits per heavy atom. The van der Waals surface area contributed by atoms with Crippen molar-refractivity contribution in [1.29, 1.82) is 5.26 Å². The summed E-state index contributed by atoms with van der Waals surface area (Å²) in [5, 5.41) is 18.4. The van der Waals surface area contributed by atoms with E-state index >= 15 is 0 Å². The van der Waals surface area contributed by atoms with Gasteiger partial charge in [0.25, 0.3) is 0 Å². The molecule has 0 bridgehead atoms. The molecule has 132 valence electrons. The number of nitrogens with one attached hydrogen (secondary N) is 2. The van der Waals surface area contributed by atoms with E-state index in [2.05, 4.69) is 15.5 Å². The third-order valence-corrected chi connectivity index (χ3v) is 3.77. The standard InChI is InChI=1S/C18H12F4N4/c19-15-7-11(8-23)1-6-16(15)24-9-13-10-25-26-17(13)12-2-4-14(5-3-12)18(20,21)22/h1-7,10,24H,9H2,(H,25,26). The summed E-state index contributed by atoms with van der Waals surface area (Å²) < 4.78 is 51.9. The summed E-state index contributed by atoms with van der Waals surface area (Å²) in [7, 11) is 0. The summed E-state index contributed by atoms with van der Waals surface area (Å²) in [6, 6.07) is 10.6. The second kappa shape index (κ2) is 6.88. The molecule has 4 nitrogen and oxygen atoms in total. The van der Waals surface area contributed by atoms with Gasteiger partial charge in [0, 0.05) is 23.9 Å². The lowest BCUT2D eigenvalue weighted by Crippen LogP contribution is -2.04. The van der Waals surface area contributed by atoms with Gasteiger partial charge < -0.3 is 5.32 Å². The van der Waals surface area contributed by atoms with Gasteiger partial charge in [-0.15, -0.1) is 0 Å². The molecule has 0 aliphatic rings. The van der Waals surface area contributed by atoms with Gasteiger partial charge in [0.05, 0.1) is 28.6 Å². The maximum Gasteiger partial charge on any atom is 0.416 e. The molecule has 2 aromatic carbocycles. The Balaban J connectivity index is 1.78. The Kier molecular flexibility index (Phi) is 4.63. The van der Waals surface area contributed by atoms with Crippen LogP contribution in [0.1, 0.15) is 16.7 Å². The average molecular weight is 360 g/mol. The molecule has 1 aromatic heterocycles. The fraction of sp³-hybridized carbons (Fsp3) is 0.111. The molecule has 8 heteroatoms. The van der Waals surface area contributed by atoms with Crippen molar-refractivity contribution in [2.24, 2.45) is 0 Å². The van der Waals surface area contributed by atoms with Crippen LogP contribution in [-0.2, 0) is 12.7 Å². The third kappa shape index (κ3) is 3.67. The number of hydrogen-bond acceptors (Lipinski definition) is 3. The van der Waals surface area contributed by atoms with E-state index in [4.69, 9.17) is 5.26 Å². The number of hydrogen-bond donors (Lipinski definition) is 2. The minimum Gasteiger partial charge on any atom is -0.378 e. The molecule has 1 heterocycles. The average Bonchev–Trinajstić information content (AvgIpc) is 3.08. The fourth-order valence-electron chi connectivity index (χ4n) is 2.44.